The number of hydrogen-bond acceptors (Lipinski definition) is 5. The van der Waals surface area contributed by atoms with Gasteiger partial charge in [0.1, 0.15) is 5.82 Å². The number of nitro groups is 1. The monoisotopic (exact) mass is 292 g/mol. The fourth-order valence-corrected chi connectivity index (χ4v) is 2.16. The number of benzene rings is 1. The molecule has 0 radical (unpaired) electrons. The second-order valence-electron chi connectivity index (χ2n) is 4.02. The molecule has 0 aliphatic carbocycles. The zero-order valence-electron chi connectivity index (χ0n) is 10.6. The van der Waals surface area contributed by atoms with E-state index in [1.54, 1.807) is 18.3 Å². The number of anilines is 1. The Kier molecular flexibility index (Phi) is 4.36. The van der Waals surface area contributed by atoms with Crippen LogP contribution in [0.25, 0.3) is 0 Å². The number of thioether (sulfide) groups is 1. The van der Waals surface area contributed by atoms with Gasteiger partial charge in [-0.3, -0.25) is 20.0 Å². The van der Waals surface area contributed by atoms with Crippen LogP contribution >= 0.6 is 11.8 Å². The highest BCUT2D eigenvalue weighted by Crippen LogP contribution is 2.21. The average Bonchev–Trinajstić information content (AvgIpc) is 2.82. The predicted octanol–water partition coefficient (Wildman–Crippen LogP) is 2.36. The maximum absolute atomic E-state index is 11.7. The van der Waals surface area contributed by atoms with Crippen LogP contribution in [0.15, 0.2) is 35.4 Å². The van der Waals surface area contributed by atoms with Crippen molar-refractivity contribution in [3.8, 4) is 0 Å². The van der Waals surface area contributed by atoms with Crippen LogP contribution in [0.5, 0.6) is 0 Å². The Morgan fingerprint density at radius 2 is 2.15 bits per heavy atom. The molecule has 1 heterocycles. The number of aromatic nitrogens is 2. The van der Waals surface area contributed by atoms with Gasteiger partial charge in [-0.1, -0.05) is 0 Å². The van der Waals surface area contributed by atoms with E-state index in [0.29, 0.717) is 5.82 Å². The number of aromatic amines is 1. The Labute approximate surface area is 118 Å². The van der Waals surface area contributed by atoms with Crippen molar-refractivity contribution >= 4 is 29.2 Å². The standard InChI is InChI=1S/C12H12N4O3S/c1-8-6-13-15-12(8)14-11(17)7-20-10-4-2-9(3-5-10)16(18)19/h2-6H,7H2,1H3,(H2,13,14,15,17). The Morgan fingerprint density at radius 3 is 2.70 bits per heavy atom. The third-order valence-electron chi connectivity index (χ3n) is 2.51. The molecule has 2 rings (SSSR count). The smallest absolute Gasteiger partial charge is 0.269 e. The van der Waals surface area contributed by atoms with E-state index in [0.717, 1.165) is 10.5 Å². The van der Waals surface area contributed by atoms with Crippen molar-refractivity contribution < 1.29 is 9.72 Å². The number of rotatable bonds is 5. The molecular formula is C12H12N4O3S. The summed E-state index contributed by atoms with van der Waals surface area (Å²) in [5.41, 5.74) is 0.894. The topological polar surface area (TPSA) is 101 Å². The summed E-state index contributed by atoms with van der Waals surface area (Å²) in [7, 11) is 0. The first-order valence-corrected chi connectivity index (χ1v) is 6.72. The van der Waals surface area contributed by atoms with Crippen LogP contribution in [0.3, 0.4) is 0 Å². The minimum atomic E-state index is -0.456. The Balaban J connectivity index is 1.87. The van der Waals surface area contributed by atoms with E-state index in [1.807, 2.05) is 6.92 Å². The van der Waals surface area contributed by atoms with Crippen LogP contribution in [-0.4, -0.2) is 26.8 Å². The molecule has 0 fully saturated rings. The molecule has 7 nitrogen and oxygen atoms in total. The van der Waals surface area contributed by atoms with E-state index in [4.69, 9.17) is 0 Å². The van der Waals surface area contributed by atoms with Crippen LogP contribution in [0.1, 0.15) is 5.56 Å². The van der Waals surface area contributed by atoms with Gasteiger partial charge in [0.05, 0.1) is 16.9 Å². The van der Waals surface area contributed by atoms with E-state index >= 15 is 0 Å². The molecule has 2 aromatic rings. The molecule has 0 saturated carbocycles. The zero-order valence-corrected chi connectivity index (χ0v) is 11.4. The molecule has 0 unspecified atom stereocenters. The summed E-state index contributed by atoms with van der Waals surface area (Å²) in [5.74, 6) is 0.635. The summed E-state index contributed by atoms with van der Waals surface area (Å²) >= 11 is 1.31. The number of H-pyrrole nitrogens is 1. The van der Waals surface area contributed by atoms with Crippen molar-refractivity contribution in [1.29, 1.82) is 0 Å². The third kappa shape index (κ3) is 3.58. The number of nitrogens with zero attached hydrogens (tertiary/aromatic N) is 2. The number of carbonyl (C=O) groups is 1. The van der Waals surface area contributed by atoms with Crippen molar-refractivity contribution in [2.75, 3.05) is 11.1 Å². The zero-order chi connectivity index (χ0) is 14.5. The van der Waals surface area contributed by atoms with Crippen molar-refractivity contribution in [1.82, 2.24) is 10.2 Å². The first-order valence-electron chi connectivity index (χ1n) is 5.73. The second-order valence-corrected chi connectivity index (χ2v) is 5.06. The van der Waals surface area contributed by atoms with E-state index in [-0.39, 0.29) is 17.3 Å². The van der Waals surface area contributed by atoms with Gasteiger partial charge in [0, 0.05) is 22.6 Å². The lowest BCUT2D eigenvalue weighted by atomic mass is 10.3. The summed E-state index contributed by atoms with van der Waals surface area (Å²) in [6.45, 7) is 1.84. The number of non-ortho nitro benzene ring substituents is 1. The summed E-state index contributed by atoms with van der Waals surface area (Å²) in [6, 6.07) is 6.08. The lowest BCUT2D eigenvalue weighted by Gasteiger charge is -2.03. The van der Waals surface area contributed by atoms with Gasteiger partial charge in [-0.15, -0.1) is 11.8 Å². The number of nitro benzene ring substituents is 1. The van der Waals surface area contributed by atoms with E-state index in [1.165, 1.54) is 23.9 Å². The second kappa shape index (κ2) is 6.20. The average molecular weight is 292 g/mol. The van der Waals surface area contributed by atoms with Gasteiger partial charge < -0.3 is 5.32 Å². The normalized spacial score (nSPS) is 10.2. The number of amides is 1. The maximum atomic E-state index is 11.7. The van der Waals surface area contributed by atoms with Gasteiger partial charge in [-0.2, -0.15) is 5.10 Å². The first-order chi connectivity index (χ1) is 9.56. The summed E-state index contributed by atoms with van der Waals surface area (Å²) in [5, 5.41) is 19.7. The Bertz CT molecular complexity index is 624. The fraction of sp³-hybridized carbons (Fsp3) is 0.167. The Morgan fingerprint density at radius 1 is 1.45 bits per heavy atom. The molecule has 0 aliphatic rings. The molecular weight excluding hydrogens is 280 g/mol. The molecule has 0 bridgehead atoms. The fourth-order valence-electron chi connectivity index (χ4n) is 1.46. The summed E-state index contributed by atoms with van der Waals surface area (Å²) in [4.78, 5) is 22.6. The first kappa shape index (κ1) is 14.1. The van der Waals surface area contributed by atoms with Crippen LogP contribution in [-0.2, 0) is 4.79 Å². The molecule has 0 saturated heterocycles. The number of carbonyl (C=O) groups excluding carboxylic acids is 1. The summed E-state index contributed by atoms with van der Waals surface area (Å²) < 4.78 is 0. The van der Waals surface area contributed by atoms with Gasteiger partial charge in [0.2, 0.25) is 5.91 Å². The van der Waals surface area contributed by atoms with Gasteiger partial charge in [0.25, 0.3) is 5.69 Å². The Hall–Kier alpha value is -2.35. The molecule has 0 spiro atoms. The molecule has 104 valence electrons. The van der Waals surface area contributed by atoms with Crippen molar-refractivity contribution in [2.24, 2.45) is 0 Å². The van der Waals surface area contributed by atoms with Gasteiger partial charge >= 0.3 is 0 Å². The SMILES string of the molecule is Cc1cn[nH]c1NC(=O)CSc1ccc([N+](=O)[O-])cc1. The molecule has 0 atom stereocenters. The van der Waals surface area contributed by atoms with Crippen LogP contribution < -0.4 is 5.32 Å². The van der Waals surface area contributed by atoms with Crippen LogP contribution in [0.2, 0.25) is 0 Å². The molecule has 2 N–H and O–H groups in total. The number of aryl methyl sites for hydroxylation is 1. The van der Waals surface area contributed by atoms with Crippen molar-refractivity contribution in [3.63, 3.8) is 0 Å². The third-order valence-corrected chi connectivity index (χ3v) is 3.52. The minimum absolute atomic E-state index is 0.0342. The molecule has 1 aromatic carbocycles. The van der Waals surface area contributed by atoms with Crippen molar-refractivity contribution in [2.45, 2.75) is 11.8 Å². The highest BCUT2D eigenvalue weighted by atomic mass is 32.2. The maximum Gasteiger partial charge on any atom is 0.269 e. The van der Waals surface area contributed by atoms with Gasteiger partial charge in [0.15, 0.2) is 0 Å². The van der Waals surface area contributed by atoms with E-state index < -0.39 is 4.92 Å². The summed E-state index contributed by atoms with van der Waals surface area (Å²) in [6.07, 6.45) is 1.62. The lowest BCUT2D eigenvalue weighted by molar-refractivity contribution is -0.384. The highest BCUT2D eigenvalue weighted by molar-refractivity contribution is 8.00. The van der Waals surface area contributed by atoms with Crippen LogP contribution in [0, 0.1) is 17.0 Å². The van der Waals surface area contributed by atoms with Gasteiger partial charge in [-0.25, -0.2) is 0 Å². The predicted molar refractivity (Wildman–Crippen MR) is 75.8 cm³/mol. The van der Waals surface area contributed by atoms with Crippen molar-refractivity contribution in [3.05, 3.63) is 46.1 Å². The minimum Gasteiger partial charge on any atom is -0.310 e. The lowest BCUT2D eigenvalue weighted by Crippen LogP contribution is -2.14. The number of hydrogen-bond donors (Lipinski definition) is 2. The molecule has 1 aromatic heterocycles. The molecule has 8 heteroatoms. The largest absolute Gasteiger partial charge is 0.310 e. The molecule has 0 aliphatic heterocycles. The molecule has 1 amide bonds. The molecule has 20 heavy (non-hydrogen) atoms. The van der Waals surface area contributed by atoms with Gasteiger partial charge in [-0.05, 0) is 19.1 Å². The van der Waals surface area contributed by atoms with E-state index in [9.17, 15) is 14.9 Å². The van der Waals surface area contributed by atoms with E-state index in [2.05, 4.69) is 15.5 Å². The number of nitrogens with one attached hydrogen (secondary N) is 2. The van der Waals surface area contributed by atoms with Crippen LogP contribution in [0.4, 0.5) is 11.5 Å². The quantitative estimate of drug-likeness (QED) is 0.500. The highest BCUT2D eigenvalue weighted by Gasteiger charge is 2.08.